The first-order valence-corrected chi connectivity index (χ1v) is 12.0. The topological polar surface area (TPSA) is 66.9 Å². The highest BCUT2D eigenvalue weighted by Crippen LogP contribution is 2.27. The van der Waals surface area contributed by atoms with Gasteiger partial charge < -0.3 is 10.6 Å². The first-order valence-electron chi connectivity index (χ1n) is 9.32. The Labute approximate surface area is 178 Å². The number of carbonyl (C=O) groups is 1. The van der Waals surface area contributed by atoms with E-state index < -0.39 is 0 Å². The van der Waals surface area contributed by atoms with Crippen LogP contribution < -0.4 is 10.6 Å². The molecular formula is C20H24N4OS3. The second-order valence-corrected chi connectivity index (χ2v) is 9.36. The van der Waals surface area contributed by atoms with Crippen LogP contribution in [0.3, 0.4) is 0 Å². The van der Waals surface area contributed by atoms with Crippen molar-refractivity contribution in [3.05, 3.63) is 51.7 Å². The van der Waals surface area contributed by atoms with Gasteiger partial charge in [-0.1, -0.05) is 61.2 Å². The van der Waals surface area contributed by atoms with Crippen LogP contribution in [0, 0.1) is 0 Å². The average Bonchev–Trinajstić information content (AvgIpc) is 3.39. The van der Waals surface area contributed by atoms with Crippen LogP contribution in [0.25, 0.3) is 0 Å². The summed E-state index contributed by atoms with van der Waals surface area (Å²) >= 11 is 4.67. The Morgan fingerprint density at radius 3 is 2.57 bits per heavy atom. The first-order chi connectivity index (χ1) is 13.7. The smallest absolute Gasteiger partial charge is 0.234 e. The van der Waals surface area contributed by atoms with Crippen molar-refractivity contribution in [3.63, 3.8) is 0 Å². The number of carbonyl (C=O) groups excluding carboxylic acids is 1. The Balaban J connectivity index is 1.48. The molecule has 3 aromatic rings. The highest BCUT2D eigenvalue weighted by atomic mass is 32.2. The summed E-state index contributed by atoms with van der Waals surface area (Å²) in [5.41, 5.74) is 3.31. The Hall–Kier alpha value is -1.90. The average molecular weight is 433 g/mol. The molecule has 2 N–H and O–H groups in total. The second kappa shape index (κ2) is 10.6. The van der Waals surface area contributed by atoms with Gasteiger partial charge in [-0.25, -0.2) is 0 Å². The number of thiophene rings is 1. The molecule has 0 saturated heterocycles. The van der Waals surface area contributed by atoms with Crippen LogP contribution in [0.2, 0.25) is 0 Å². The molecule has 1 aromatic carbocycles. The summed E-state index contributed by atoms with van der Waals surface area (Å²) in [6.07, 6.45) is 2.76. The summed E-state index contributed by atoms with van der Waals surface area (Å²) in [7, 11) is 0. The number of rotatable bonds is 10. The fourth-order valence-electron chi connectivity index (χ4n) is 2.79. The van der Waals surface area contributed by atoms with E-state index in [0.29, 0.717) is 5.75 Å². The van der Waals surface area contributed by atoms with E-state index in [4.69, 9.17) is 0 Å². The molecule has 0 radical (unpaired) electrons. The Morgan fingerprint density at radius 1 is 1.11 bits per heavy atom. The third-order valence-corrected chi connectivity index (χ3v) is 7.17. The van der Waals surface area contributed by atoms with Crippen molar-refractivity contribution >= 4 is 51.2 Å². The zero-order chi connectivity index (χ0) is 19.8. The highest BCUT2D eigenvalue weighted by Gasteiger charge is 2.12. The van der Waals surface area contributed by atoms with Crippen molar-refractivity contribution in [1.29, 1.82) is 0 Å². The van der Waals surface area contributed by atoms with E-state index in [1.807, 2.05) is 0 Å². The summed E-state index contributed by atoms with van der Waals surface area (Å²) in [4.78, 5) is 13.8. The van der Waals surface area contributed by atoms with Gasteiger partial charge in [-0.15, -0.1) is 21.5 Å². The minimum absolute atomic E-state index is 0.0111. The monoisotopic (exact) mass is 432 g/mol. The number of nitrogens with zero attached hydrogens (tertiary/aromatic N) is 2. The fraction of sp³-hybridized carbons (Fsp3) is 0.350. The lowest BCUT2D eigenvalue weighted by molar-refractivity contribution is -0.113. The van der Waals surface area contributed by atoms with Crippen LogP contribution in [-0.4, -0.2) is 28.4 Å². The molecule has 5 nitrogen and oxygen atoms in total. The lowest BCUT2D eigenvalue weighted by atomic mass is 10.0. The van der Waals surface area contributed by atoms with E-state index in [9.17, 15) is 4.79 Å². The number of benzene rings is 1. The summed E-state index contributed by atoms with van der Waals surface area (Å²) in [6.45, 7) is 5.04. The van der Waals surface area contributed by atoms with Crippen LogP contribution in [-0.2, 0) is 24.1 Å². The summed E-state index contributed by atoms with van der Waals surface area (Å²) in [6, 6.07) is 10.4. The van der Waals surface area contributed by atoms with Crippen molar-refractivity contribution in [2.24, 2.45) is 0 Å². The lowest BCUT2D eigenvalue weighted by Gasteiger charge is -2.14. The number of amides is 1. The number of thioether (sulfide) groups is 1. The van der Waals surface area contributed by atoms with E-state index in [-0.39, 0.29) is 5.91 Å². The minimum Gasteiger partial charge on any atom is -0.360 e. The van der Waals surface area contributed by atoms with Gasteiger partial charge >= 0.3 is 0 Å². The highest BCUT2D eigenvalue weighted by molar-refractivity contribution is 8.01. The van der Waals surface area contributed by atoms with Gasteiger partial charge in [0.1, 0.15) is 0 Å². The van der Waals surface area contributed by atoms with Gasteiger partial charge in [0.05, 0.1) is 5.75 Å². The first kappa shape index (κ1) is 20.8. The predicted molar refractivity (Wildman–Crippen MR) is 121 cm³/mol. The molecule has 0 aliphatic rings. The number of hydrogen-bond acceptors (Lipinski definition) is 7. The molecule has 0 unspecified atom stereocenters. The van der Waals surface area contributed by atoms with Gasteiger partial charge in [0.25, 0.3) is 0 Å². The predicted octanol–water partition coefficient (Wildman–Crippen LogP) is 5.11. The van der Waals surface area contributed by atoms with E-state index >= 15 is 0 Å². The number of aryl methyl sites for hydroxylation is 2. The number of nitrogens with one attached hydrogen (secondary N) is 2. The normalized spacial score (nSPS) is 10.8. The number of hydrogen-bond donors (Lipinski definition) is 2. The van der Waals surface area contributed by atoms with Crippen LogP contribution in [0.1, 0.15) is 29.9 Å². The van der Waals surface area contributed by atoms with Gasteiger partial charge in [0, 0.05) is 17.1 Å². The third kappa shape index (κ3) is 5.80. The maximum absolute atomic E-state index is 12.4. The van der Waals surface area contributed by atoms with E-state index in [1.54, 1.807) is 11.3 Å². The van der Waals surface area contributed by atoms with Crippen molar-refractivity contribution in [3.8, 4) is 0 Å². The summed E-state index contributed by atoms with van der Waals surface area (Å²) < 4.78 is 0.799. The van der Waals surface area contributed by atoms with Crippen molar-refractivity contribution < 1.29 is 4.79 Å². The molecule has 28 heavy (non-hydrogen) atoms. The molecular weight excluding hydrogens is 408 g/mol. The minimum atomic E-state index is -0.0111. The molecule has 0 spiro atoms. The molecule has 0 bridgehead atoms. The number of para-hydroxylation sites is 1. The zero-order valence-corrected chi connectivity index (χ0v) is 18.5. The molecule has 3 rings (SSSR count). The Kier molecular flexibility index (Phi) is 7.88. The second-order valence-electron chi connectivity index (χ2n) is 6.12. The molecule has 8 heteroatoms. The molecule has 0 atom stereocenters. The van der Waals surface area contributed by atoms with Crippen LogP contribution >= 0.6 is 34.4 Å². The molecule has 0 saturated carbocycles. The largest absolute Gasteiger partial charge is 0.360 e. The SMILES string of the molecule is CCc1cccc(CC)c1NC(=O)CSc1nnc(NCCc2cccs2)s1. The molecule has 2 aromatic heterocycles. The van der Waals surface area contributed by atoms with Gasteiger partial charge in [-0.05, 0) is 41.8 Å². The van der Waals surface area contributed by atoms with Crippen molar-refractivity contribution in [1.82, 2.24) is 10.2 Å². The molecule has 148 valence electrons. The quantitative estimate of drug-likeness (QED) is 0.436. The van der Waals surface area contributed by atoms with Crippen molar-refractivity contribution in [2.75, 3.05) is 22.9 Å². The van der Waals surface area contributed by atoms with Gasteiger partial charge in [0.2, 0.25) is 11.0 Å². The standard InChI is InChI=1S/C20H24N4OS3/c1-3-14-7-5-8-15(4-2)18(14)22-17(25)13-27-20-24-23-19(28-20)21-11-10-16-9-6-12-26-16/h5-9,12H,3-4,10-11,13H2,1-2H3,(H,21,23)(H,22,25). The third-order valence-electron chi connectivity index (χ3n) is 4.22. The molecule has 0 aliphatic carbocycles. The van der Waals surface area contributed by atoms with Crippen LogP contribution in [0.5, 0.6) is 0 Å². The van der Waals surface area contributed by atoms with Gasteiger partial charge in [-0.2, -0.15) is 0 Å². The van der Waals surface area contributed by atoms with E-state index in [1.165, 1.54) is 39.1 Å². The van der Waals surface area contributed by atoms with Gasteiger partial charge in [0.15, 0.2) is 4.34 Å². The molecule has 0 fully saturated rings. The number of aromatic nitrogens is 2. The number of anilines is 2. The lowest BCUT2D eigenvalue weighted by Crippen LogP contribution is -2.16. The van der Waals surface area contributed by atoms with E-state index in [0.717, 1.165) is 41.0 Å². The Morgan fingerprint density at radius 2 is 1.89 bits per heavy atom. The Bertz CT molecular complexity index is 871. The van der Waals surface area contributed by atoms with Crippen molar-refractivity contribution in [2.45, 2.75) is 37.4 Å². The fourth-order valence-corrected chi connectivity index (χ4v) is 5.08. The maximum atomic E-state index is 12.4. The van der Waals surface area contributed by atoms with Gasteiger partial charge in [-0.3, -0.25) is 4.79 Å². The molecule has 1 amide bonds. The summed E-state index contributed by atoms with van der Waals surface area (Å²) in [5, 5.41) is 17.6. The summed E-state index contributed by atoms with van der Waals surface area (Å²) in [5.74, 6) is 0.313. The molecule has 2 heterocycles. The zero-order valence-electron chi connectivity index (χ0n) is 16.0. The maximum Gasteiger partial charge on any atom is 0.234 e. The van der Waals surface area contributed by atoms with Crippen LogP contribution in [0.4, 0.5) is 10.8 Å². The van der Waals surface area contributed by atoms with E-state index in [2.05, 4.69) is 70.4 Å². The molecule has 0 aliphatic heterocycles. The van der Waals surface area contributed by atoms with Crippen LogP contribution in [0.15, 0.2) is 40.1 Å².